The molecule has 0 saturated carbocycles. The summed E-state index contributed by atoms with van der Waals surface area (Å²) in [6.07, 6.45) is 1.56. The Morgan fingerprint density at radius 3 is 2.67 bits per heavy atom. The molecule has 0 spiro atoms. The Labute approximate surface area is 225 Å². The van der Waals surface area contributed by atoms with E-state index in [1.807, 2.05) is 30.3 Å². The molecule has 0 saturated heterocycles. The highest BCUT2D eigenvalue weighted by molar-refractivity contribution is 7.07. The van der Waals surface area contributed by atoms with Crippen molar-refractivity contribution in [2.45, 2.75) is 19.9 Å². The number of ether oxygens (including phenoxy) is 2. The normalized spacial score (nSPS) is 15.1. The molecule has 0 N–H and O–H groups in total. The van der Waals surface area contributed by atoms with Crippen molar-refractivity contribution in [2.75, 3.05) is 13.7 Å². The van der Waals surface area contributed by atoms with E-state index in [1.165, 1.54) is 17.7 Å². The third-order valence-corrected chi connectivity index (χ3v) is 7.18. The number of nitro benzene ring substituents is 1. The second-order valence-electron chi connectivity index (χ2n) is 8.56. The van der Waals surface area contributed by atoms with Crippen LogP contribution >= 0.6 is 11.3 Å². The van der Waals surface area contributed by atoms with Crippen LogP contribution in [-0.2, 0) is 9.53 Å². The number of fused-ring (bicyclic) bond motifs is 1. The first-order chi connectivity index (χ1) is 18.8. The molecule has 0 aliphatic carbocycles. The van der Waals surface area contributed by atoms with Gasteiger partial charge < -0.3 is 13.9 Å². The third-order valence-electron chi connectivity index (χ3n) is 6.20. The van der Waals surface area contributed by atoms with Crippen LogP contribution in [0.25, 0.3) is 17.4 Å². The molecule has 198 valence electrons. The number of carbonyl (C=O) groups excluding carboxylic acids is 1. The monoisotopic (exact) mass is 545 g/mol. The number of methoxy groups -OCH3 is 1. The van der Waals surface area contributed by atoms with Gasteiger partial charge in [-0.15, -0.1) is 0 Å². The number of nitrogens with zero attached hydrogens (tertiary/aromatic N) is 3. The van der Waals surface area contributed by atoms with E-state index in [0.29, 0.717) is 32.1 Å². The van der Waals surface area contributed by atoms with E-state index < -0.39 is 16.9 Å². The lowest BCUT2D eigenvalue weighted by Gasteiger charge is -2.24. The molecule has 10 nitrogen and oxygen atoms in total. The minimum atomic E-state index is -0.710. The molecule has 1 aliphatic heterocycles. The fraction of sp³-hybridized carbons (Fsp3) is 0.179. The maximum Gasteiger partial charge on any atom is 0.338 e. The maximum absolute atomic E-state index is 13.7. The zero-order valence-electron chi connectivity index (χ0n) is 21.2. The second-order valence-corrected chi connectivity index (χ2v) is 9.56. The number of rotatable bonds is 7. The maximum atomic E-state index is 13.7. The van der Waals surface area contributed by atoms with Crippen molar-refractivity contribution in [3.63, 3.8) is 0 Å². The van der Waals surface area contributed by atoms with Crippen LogP contribution in [0.15, 0.2) is 86.1 Å². The molecule has 0 fully saturated rings. The first kappa shape index (κ1) is 25.9. The van der Waals surface area contributed by atoms with E-state index >= 15 is 0 Å². The van der Waals surface area contributed by atoms with Crippen molar-refractivity contribution in [1.82, 2.24) is 4.57 Å². The molecule has 0 unspecified atom stereocenters. The number of thiazole rings is 1. The topological polar surface area (TPSA) is 126 Å². The smallest absolute Gasteiger partial charge is 0.338 e. The van der Waals surface area contributed by atoms with Crippen molar-refractivity contribution in [3.05, 3.63) is 113 Å². The number of aromatic nitrogens is 1. The molecule has 4 aromatic rings. The molecule has 1 aliphatic rings. The Hall–Kier alpha value is -4.77. The highest BCUT2D eigenvalue weighted by Crippen LogP contribution is 2.34. The molecule has 0 bridgehead atoms. The minimum Gasteiger partial charge on any atom is -0.497 e. The van der Waals surface area contributed by atoms with Gasteiger partial charge in [0.05, 0.1) is 52.1 Å². The van der Waals surface area contributed by atoms with Gasteiger partial charge in [-0.3, -0.25) is 19.5 Å². The average Bonchev–Trinajstić information content (AvgIpc) is 3.52. The van der Waals surface area contributed by atoms with Crippen LogP contribution in [-0.4, -0.2) is 29.2 Å². The lowest BCUT2D eigenvalue weighted by molar-refractivity contribution is -0.384. The summed E-state index contributed by atoms with van der Waals surface area (Å²) in [5.74, 6) is 0.423. The molecule has 0 amide bonds. The first-order valence-electron chi connectivity index (χ1n) is 12.0. The SMILES string of the molecule is CCOC(=O)C1=C(C)N=c2s/c(=C\c3ccc(-c4ccc(OC)cc4[N+](=O)[O-])o3)c(=O)n2[C@@H]1c1ccccc1. The van der Waals surface area contributed by atoms with Crippen molar-refractivity contribution in [2.24, 2.45) is 4.99 Å². The van der Waals surface area contributed by atoms with Crippen LogP contribution in [0.3, 0.4) is 0 Å². The standard InChI is InChI=1S/C28H23N3O7S/c1-4-37-27(33)24-16(2)29-28-30(25(24)17-8-6-5-7-9-17)26(32)23(39-28)15-19-11-13-22(38-19)20-12-10-18(36-3)14-21(20)31(34)35/h5-15,25H,4H2,1-3H3/b23-15-/t25-/m1/s1. The fourth-order valence-electron chi connectivity index (χ4n) is 4.44. The summed E-state index contributed by atoms with van der Waals surface area (Å²) in [5.41, 5.74) is 1.28. The molecule has 3 heterocycles. The first-order valence-corrected chi connectivity index (χ1v) is 12.8. The number of benzene rings is 2. The van der Waals surface area contributed by atoms with Gasteiger partial charge in [-0.1, -0.05) is 41.7 Å². The Kier molecular flexibility index (Phi) is 6.99. The lowest BCUT2D eigenvalue weighted by Crippen LogP contribution is -2.39. The summed E-state index contributed by atoms with van der Waals surface area (Å²) >= 11 is 1.16. The number of carbonyl (C=O) groups is 1. The van der Waals surface area contributed by atoms with E-state index in [1.54, 1.807) is 44.2 Å². The second kappa shape index (κ2) is 10.5. The van der Waals surface area contributed by atoms with Crippen molar-refractivity contribution >= 4 is 29.1 Å². The van der Waals surface area contributed by atoms with Crippen molar-refractivity contribution < 1.29 is 23.6 Å². The molecule has 2 aromatic carbocycles. The Morgan fingerprint density at radius 1 is 1.21 bits per heavy atom. The Bertz CT molecular complexity index is 1800. The molecular formula is C28H23N3O7S. The van der Waals surface area contributed by atoms with Crippen LogP contribution in [0, 0.1) is 10.1 Å². The Morgan fingerprint density at radius 2 is 1.97 bits per heavy atom. The molecule has 5 rings (SSSR count). The molecule has 11 heteroatoms. The average molecular weight is 546 g/mol. The van der Waals surface area contributed by atoms with Gasteiger partial charge >= 0.3 is 5.97 Å². The summed E-state index contributed by atoms with van der Waals surface area (Å²) in [7, 11) is 1.43. The number of hydrogen-bond acceptors (Lipinski definition) is 9. The summed E-state index contributed by atoms with van der Waals surface area (Å²) in [6, 6.07) is 16.2. The van der Waals surface area contributed by atoms with E-state index in [-0.39, 0.29) is 29.2 Å². The van der Waals surface area contributed by atoms with E-state index in [2.05, 4.69) is 4.99 Å². The van der Waals surface area contributed by atoms with Crippen LogP contribution in [0.4, 0.5) is 5.69 Å². The lowest BCUT2D eigenvalue weighted by atomic mass is 9.96. The molecular weight excluding hydrogens is 522 g/mol. The highest BCUT2D eigenvalue weighted by atomic mass is 32.1. The van der Waals surface area contributed by atoms with Gasteiger partial charge in [0.2, 0.25) is 0 Å². The van der Waals surface area contributed by atoms with Crippen molar-refractivity contribution in [1.29, 1.82) is 0 Å². The van der Waals surface area contributed by atoms with Gasteiger partial charge in [-0.25, -0.2) is 9.79 Å². The van der Waals surface area contributed by atoms with E-state index in [0.717, 1.165) is 16.9 Å². The summed E-state index contributed by atoms with van der Waals surface area (Å²) in [6.45, 7) is 3.63. The number of hydrogen-bond donors (Lipinski definition) is 0. The number of nitro groups is 1. The van der Waals surface area contributed by atoms with Crippen LogP contribution < -0.4 is 19.6 Å². The number of esters is 1. The van der Waals surface area contributed by atoms with Gasteiger partial charge in [0.15, 0.2) is 4.80 Å². The quantitative estimate of drug-likeness (QED) is 0.195. The zero-order valence-corrected chi connectivity index (χ0v) is 22.1. The summed E-state index contributed by atoms with van der Waals surface area (Å²) in [5, 5.41) is 11.6. The van der Waals surface area contributed by atoms with E-state index in [4.69, 9.17) is 13.9 Å². The summed E-state index contributed by atoms with van der Waals surface area (Å²) in [4.78, 5) is 42.7. The largest absolute Gasteiger partial charge is 0.497 e. The molecule has 0 radical (unpaired) electrons. The van der Waals surface area contributed by atoms with Gasteiger partial charge in [-0.05, 0) is 43.7 Å². The highest BCUT2D eigenvalue weighted by Gasteiger charge is 2.33. The van der Waals surface area contributed by atoms with Gasteiger partial charge in [0.1, 0.15) is 17.3 Å². The van der Waals surface area contributed by atoms with Crippen LogP contribution in [0.5, 0.6) is 5.75 Å². The predicted molar refractivity (Wildman–Crippen MR) is 144 cm³/mol. The summed E-state index contributed by atoms with van der Waals surface area (Å²) < 4.78 is 18.1. The van der Waals surface area contributed by atoms with Gasteiger partial charge in [0, 0.05) is 6.08 Å². The number of allylic oxidation sites excluding steroid dienone is 1. The van der Waals surface area contributed by atoms with Crippen LogP contribution in [0.2, 0.25) is 0 Å². The number of furan rings is 1. The minimum absolute atomic E-state index is 0.167. The van der Waals surface area contributed by atoms with E-state index in [9.17, 15) is 19.7 Å². The molecule has 2 aromatic heterocycles. The molecule has 39 heavy (non-hydrogen) atoms. The third kappa shape index (κ3) is 4.79. The van der Waals surface area contributed by atoms with Gasteiger partial charge in [-0.2, -0.15) is 0 Å². The molecule has 1 atom stereocenters. The fourth-order valence-corrected chi connectivity index (χ4v) is 5.47. The predicted octanol–water partition coefficient (Wildman–Crippen LogP) is 3.98. The Balaban J connectivity index is 1.62. The van der Waals surface area contributed by atoms with Crippen LogP contribution in [0.1, 0.15) is 31.2 Å². The zero-order chi connectivity index (χ0) is 27.7. The van der Waals surface area contributed by atoms with Gasteiger partial charge in [0.25, 0.3) is 11.2 Å². The van der Waals surface area contributed by atoms with Crippen molar-refractivity contribution in [3.8, 4) is 17.1 Å².